The highest BCUT2D eigenvalue weighted by atomic mass is 32.2. The smallest absolute Gasteiger partial charge is 0.325 e. The van der Waals surface area contributed by atoms with Crippen LogP contribution in [0, 0.1) is 0 Å². The number of methoxy groups -OCH3 is 1. The summed E-state index contributed by atoms with van der Waals surface area (Å²) in [6, 6.07) is 7.96. The summed E-state index contributed by atoms with van der Waals surface area (Å²) in [5, 5.41) is -0.452. The number of amides is 2. The molecule has 0 bridgehead atoms. The molecule has 2 heterocycles. The molecule has 0 aliphatic carbocycles. The first-order valence-corrected chi connectivity index (χ1v) is 9.07. The van der Waals surface area contributed by atoms with Crippen molar-refractivity contribution >= 4 is 40.6 Å². The van der Waals surface area contributed by atoms with Gasteiger partial charge in [-0.2, -0.15) is 0 Å². The fraction of sp³-hybridized carbons (Fsp3) is 0.389. The Balaban J connectivity index is 1.71. The Labute approximate surface area is 150 Å². The minimum absolute atomic E-state index is 0.319. The van der Waals surface area contributed by atoms with E-state index in [0.717, 1.165) is 35.3 Å². The van der Waals surface area contributed by atoms with Gasteiger partial charge in [-0.25, -0.2) is 0 Å². The van der Waals surface area contributed by atoms with Gasteiger partial charge in [0.05, 0.1) is 12.0 Å². The first kappa shape index (κ1) is 17.5. The molecule has 2 fully saturated rings. The maximum atomic E-state index is 12.3. The van der Waals surface area contributed by atoms with E-state index in [1.54, 1.807) is 6.08 Å². The van der Waals surface area contributed by atoms with Gasteiger partial charge < -0.3 is 9.64 Å². The fourth-order valence-electron chi connectivity index (χ4n) is 2.91. The number of hydrogen-bond acceptors (Lipinski definition) is 6. The Kier molecular flexibility index (Phi) is 5.43. The molecule has 0 saturated carbocycles. The number of imide groups is 1. The highest BCUT2D eigenvalue weighted by Crippen LogP contribution is 2.32. The van der Waals surface area contributed by atoms with Gasteiger partial charge in [-0.05, 0) is 54.8 Å². The maximum absolute atomic E-state index is 12.3. The third-order valence-corrected chi connectivity index (χ3v) is 5.21. The Bertz CT molecular complexity index is 708. The zero-order valence-electron chi connectivity index (χ0n) is 14.1. The number of carbonyl (C=O) groups is 3. The molecule has 25 heavy (non-hydrogen) atoms. The van der Waals surface area contributed by atoms with E-state index in [9.17, 15) is 14.4 Å². The predicted molar refractivity (Wildman–Crippen MR) is 97.2 cm³/mol. The maximum Gasteiger partial charge on any atom is 0.325 e. The molecule has 2 aliphatic heterocycles. The summed E-state index contributed by atoms with van der Waals surface area (Å²) < 4.78 is 4.51. The number of rotatable bonds is 4. The summed E-state index contributed by atoms with van der Waals surface area (Å²) in [6.45, 7) is 1.80. The van der Waals surface area contributed by atoms with Crippen molar-refractivity contribution in [3.05, 3.63) is 34.7 Å². The molecule has 2 saturated heterocycles. The number of benzene rings is 1. The van der Waals surface area contributed by atoms with Crippen LogP contribution in [-0.4, -0.2) is 48.8 Å². The second-order valence-corrected chi connectivity index (χ2v) is 6.98. The van der Waals surface area contributed by atoms with Crippen LogP contribution >= 0.6 is 11.8 Å². The average molecular weight is 360 g/mol. The molecule has 1 aromatic carbocycles. The molecular formula is C18H20N2O4S. The fourth-order valence-corrected chi connectivity index (χ4v) is 3.75. The predicted octanol–water partition coefficient (Wildman–Crippen LogP) is 2.89. The van der Waals surface area contributed by atoms with E-state index >= 15 is 0 Å². The average Bonchev–Trinajstić information content (AvgIpc) is 2.90. The summed E-state index contributed by atoms with van der Waals surface area (Å²) in [4.78, 5) is 39.1. The summed E-state index contributed by atoms with van der Waals surface area (Å²) in [7, 11) is 1.22. The van der Waals surface area contributed by atoms with E-state index in [0.29, 0.717) is 4.91 Å². The van der Waals surface area contributed by atoms with Crippen LogP contribution in [0.25, 0.3) is 6.08 Å². The Morgan fingerprint density at radius 2 is 1.84 bits per heavy atom. The van der Waals surface area contributed by atoms with Crippen molar-refractivity contribution in [1.82, 2.24) is 4.90 Å². The van der Waals surface area contributed by atoms with E-state index in [1.165, 1.54) is 32.1 Å². The summed E-state index contributed by atoms with van der Waals surface area (Å²) >= 11 is 0.842. The second kappa shape index (κ2) is 7.74. The minimum atomic E-state index is -0.616. The number of piperidine rings is 1. The monoisotopic (exact) mass is 360 g/mol. The lowest BCUT2D eigenvalue weighted by atomic mass is 10.1. The zero-order valence-corrected chi connectivity index (χ0v) is 14.9. The van der Waals surface area contributed by atoms with Crippen LogP contribution in [-0.2, 0) is 14.3 Å². The van der Waals surface area contributed by atoms with Gasteiger partial charge in [-0.1, -0.05) is 12.1 Å². The third kappa shape index (κ3) is 4.04. The standard InChI is InChI=1S/C18H20N2O4S/c1-24-16(21)12-20-17(22)15(25-18(20)23)11-13-5-7-14(8-6-13)19-9-3-2-4-10-19/h5-8,11H,2-4,9-10,12H2,1H3. The van der Waals surface area contributed by atoms with E-state index in [4.69, 9.17) is 0 Å². The molecule has 1 aromatic rings. The van der Waals surface area contributed by atoms with Crippen molar-refractivity contribution in [2.24, 2.45) is 0 Å². The van der Waals surface area contributed by atoms with Crippen LogP contribution < -0.4 is 4.90 Å². The van der Waals surface area contributed by atoms with Crippen molar-refractivity contribution in [3.8, 4) is 0 Å². The van der Waals surface area contributed by atoms with Crippen LogP contribution in [0.3, 0.4) is 0 Å². The molecule has 0 radical (unpaired) electrons. The molecule has 2 aliphatic rings. The second-order valence-electron chi connectivity index (χ2n) is 5.98. The normalized spacial score (nSPS) is 19.6. The first-order valence-electron chi connectivity index (χ1n) is 8.25. The topological polar surface area (TPSA) is 66.9 Å². The van der Waals surface area contributed by atoms with E-state index in [1.807, 2.05) is 24.3 Å². The van der Waals surface area contributed by atoms with Gasteiger partial charge in [0.1, 0.15) is 6.54 Å². The Hall–Kier alpha value is -2.28. The van der Waals surface area contributed by atoms with Crippen LogP contribution in [0.1, 0.15) is 24.8 Å². The zero-order chi connectivity index (χ0) is 17.8. The number of esters is 1. The van der Waals surface area contributed by atoms with Gasteiger partial charge in [0.15, 0.2) is 0 Å². The van der Waals surface area contributed by atoms with Crippen molar-refractivity contribution < 1.29 is 19.1 Å². The molecule has 2 amide bonds. The largest absolute Gasteiger partial charge is 0.468 e. The van der Waals surface area contributed by atoms with E-state index in [2.05, 4.69) is 9.64 Å². The van der Waals surface area contributed by atoms with E-state index in [-0.39, 0.29) is 6.54 Å². The van der Waals surface area contributed by atoms with Crippen molar-refractivity contribution in [2.45, 2.75) is 19.3 Å². The van der Waals surface area contributed by atoms with Crippen molar-refractivity contribution in [2.75, 3.05) is 31.6 Å². The van der Waals surface area contributed by atoms with Gasteiger partial charge in [0.25, 0.3) is 11.1 Å². The summed E-state index contributed by atoms with van der Waals surface area (Å²) in [5.74, 6) is -1.07. The number of ether oxygens (including phenoxy) is 1. The molecule has 0 aromatic heterocycles. The Morgan fingerprint density at radius 1 is 1.16 bits per heavy atom. The molecule has 3 rings (SSSR count). The highest BCUT2D eigenvalue weighted by molar-refractivity contribution is 8.18. The molecular weight excluding hydrogens is 340 g/mol. The number of carbonyl (C=O) groups excluding carboxylic acids is 3. The summed E-state index contributed by atoms with van der Waals surface area (Å²) in [6.07, 6.45) is 5.41. The quantitative estimate of drug-likeness (QED) is 0.608. The molecule has 0 unspecified atom stereocenters. The van der Waals surface area contributed by atoms with Gasteiger partial charge in [-0.3, -0.25) is 19.3 Å². The number of nitrogens with zero attached hydrogens (tertiary/aromatic N) is 2. The Morgan fingerprint density at radius 3 is 2.48 bits per heavy atom. The summed E-state index contributed by atoms with van der Waals surface area (Å²) in [5.41, 5.74) is 2.03. The van der Waals surface area contributed by atoms with Crippen LogP contribution in [0.2, 0.25) is 0 Å². The lowest BCUT2D eigenvalue weighted by Gasteiger charge is -2.28. The van der Waals surface area contributed by atoms with Crippen molar-refractivity contribution in [3.63, 3.8) is 0 Å². The SMILES string of the molecule is COC(=O)CN1C(=O)SC(=Cc2ccc(N3CCCCC3)cc2)C1=O. The van der Waals surface area contributed by atoms with Crippen molar-refractivity contribution in [1.29, 1.82) is 0 Å². The number of thioether (sulfide) groups is 1. The first-order chi connectivity index (χ1) is 12.1. The molecule has 0 atom stereocenters. The molecule has 132 valence electrons. The molecule has 0 spiro atoms. The van der Waals surface area contributed by atoms with E-state index < -0.39 is 17.1 Å². The van der Waals surface area contributed by atoms with Gasteiger partial charge in [0.2, 0.25) is 0 Å². The lowest BCUT2D eigenvalue weighted by Crippen LogP contribution is -2.34. The molecule has 0 N–H and O–H groups in total. The highest BCUT2D eigenvalue weighted by Gasteiger charge is 2.36. The third-order valence-electron chi connectivity index (χ3n) is 4.30. The van der Waals surface area contributed by atoms with Gasteiger partial charge in [0, 0.05) is 18.8 Å². The van der Waals surface area contributed by atoms with Crippen LogP contribution in [0.5, 0.6) is 0 Å². The number of hydrogen-bond donors (Lipinski definition) is 0. The number of anilines is 1. The lowest BCUT2D eigenvalue weighted by molar-refractivity contribution is -0.143. The van der Waals surface area contributed by atoms with Gasteiger partial charge >= 0.3 is 5.97 Å². The molecule has 6 nitrogen and oxygen atoms in total. The molecule has 7 heteroatoms. The van der Waals surface area contributed by atoms with Gasteiger partial charge in [-0.15, -0.1) is 0 Å². The van der Waals surface area contributed by atoms with Crippen LogP contribution in [0.15, 0.2) is 29.2 Å². The minimum Gasteiger partial charge on any atom is -0.468 e. The van der Waals surface area contributed by atoms with Crippen LogP contribution in [0.4, 0.5) is 10.5 Å².